The summed E-state index contributed by atoms with van der Waals surface area (Å²) in [6, 6.07) is 9.45. The molecule has 0 aromatic heterocycles. The van der Waals surface area contributed by atoms with Crippen molar-refractivity contribution in [2.24, 2.45) is 0 Å². The number of nitrogens with zero attached hydrogens (tertiary/aromatic N) is 1. The molecule has 0 aliphatic heterocycles. The Kier molecular flexibility index (Phi) is 5.26. The molecule has 0 atom stereocenters. The van der Waals surface area contributed by atoms with E-state index >= 15 is 0 Å². The van der Waals surface area contributed by atoms with E-state index in [0.717, 1.165) is 0 Å². The third-order valence-electron chi connectivity index (χ3n) is 3.35. The van der Waals surface area contributed by atoms with Crippen LogP contribution in [0.4, 0.5) is 23.2 Å². The van der Waals surface area contributed by atoms with Gasteiger partial charge in [-0.15, -0.1) is 0 Å². The molecule has 25 heavy (non-hydrogen) atoms. The average molecular weight is 377 g/mol. The lowest BCUT2D eigenvalue weighted by Crippen LogP contribution is -2.38. The van der Waals surface area contributed by atoms with Gasteiger partial charge in [0.1, 0.15) is 18.1 Å². The Morgan fingerprint density at radius 3 is 2.08 bits per heavy atom. The van der Waals surface area contributed by atoms with E-state index in [1.54, 1.807) is 6.07 Å². The number of benzene rings is 2. The lowest BCUT2D eigenvalue weighted by Gasteiger charge is -2.25. The van der Waals surface area contributed by atoms with Crippen molar-refractivity contribution in [2.45, 2.75) is 6.18 Å². The molecule has 0 aliphatic carbocycles. The number of hydrogen-bond donors (Lipinski definition) is 0. The van der Waals surface area contributed by atoms with Gasteiger partial charge in [-0.25, -0.2) is 12.8 Å². The summed E-state index contributed by atoms with van der Waals surface area (Å²) in [6.07, 6.45) is -4.05. The van der Waals surface area contributed by atoms with Crippen LogP contribution >= 0.6 is 0 Å². The normalized spacial score (nSPS) is 12.1. The van der Waals surface area contributed by atoms with Gasteiger partial charge in [-0.2, -0.15) is 13.2 Å². The third-order valence-corrected chi connectivity index (χ3v) is 4.47. The molecule has 4 nitrogen and oxygen atoms in total. The Morgan fingerprint density at radius 2 is 1.60 bits per heavy atom. The first-order valence-corrected chi connectivity index (χ1v) is 8.84. The van der Waals surface area contributed by atoms with Gasteiger partial charge in [0, 0.05) is 0 Å². The minimum atomic E-state index is -4.74. The van der Waals surface area contributed by atoms with Crippen LogP contribution in [0, 0.1) is 5.82 Å². The fourth-order valence-electron chi connectivity index (χ4n) is 2.25. The number of hydrogen-bond acceptors (Lipinski definition) is 3. The van der Waals surface area contributed by atoms with Gasteiger partial charge >= 0.3 is 6.18 Å². The molecule has 0 N–H and O–H groups in total. The van der Waals surface area contributed by atoms with Gasteiger partial charge in [-0.05, 0) is 35.4 Å². The van der Waals surface area contributed by atoms with Crippen molar-refractivity contribution in [2.75, 3.05) is 24.2 Å². The van der Waals surface area contributed by atoms with Gasteiger partial charge in [0.2, 0.25) is 10.0 Å². The Morgan fingerprint density at radius 1 is 1.04 bits per heavy atom. The predicted molar refractivity (Wildman–Crippen MR) is 86.6 cm³/mol. The lowest BCUT2D eigenvalue weighted by molar-refractivity contribution is -0.117. The van der Waals surface area contributed by atoms with Gasteiger partial charge in [0.15, 0.2) is 0 Å². The molecule has 0 amide bonds. The predicted octanol–water partition coefficient (Wildman–Crippen LogP) is 3.83. The van der Waals surface area contributed by atoms with Crippen molar-refractivity contribution in [3.8, 4) is 16.9 Å². The van der Waals surface area contributed by atoms with Crippen LogP contribution in [-0.4, -0.2) is 34.5 Å². The van der Waals surface area contributed by atoms with Gasteiger partial charge < -0.3 is 4.74 Å². The van der Waals surface area contributed by atoms with Crippen molar-refractivity contribution in [3.05, 3.63) is 48.3 Å². The van der Waals surface area contributed by atoms with E-state index in [2.05, 4.69) is 0 Å². The maximum absolute atomic E-state index is 13.0. The minimum Gasteiger partial charge on any atom is -0.495 e. The largest absolute Gasteiger partial charge is 0.495 e. The second kappa shape index (κ2) is 6.91. The number of methoxy groups -OCH3 is 1. The summed E-state index contributed by atoms with van der Waals surface area (Å²) in [5, 5.41) is 0. The van der Waals surface area contributed by atoms with E-state index in [1.807, 2.05) is 0 Å². The quantitative estimate of drug-likeness (QED) is 0.744. The molecule has 0 heterocycles. The summed E-state index contributed by atoms with van der Waals surface area (Å²) >= 11 is 0. The Balaban J connectivity index is 2.60. The van der Waals surface area contributed by atoms with Gasteiger partial charge in [0.05, 0.1) is 19.1 Å². The van der Waals surface area contributed by atoms with Crippen LogP contribution < -0.4 is 9.04 Å². The van der Waals surface area contributed by atoms with Crippen LogP contribution in [0.1, 0.15) is 0 Å². The monoisotopic (exact) mass is 377 g/mol. The van der Waals surface area contributed by atoms with E-state index in [4.69, 9.17) is 4.74 Å². The molecule has 9 heteroatoms. The van der Waals surface area contributed by atoms with Crippen LogP contribution in [0.3, 0.4) is 0 Å². The number of alkyl halides is 3. The zero-order chi connectivity index (χ0) is 18.8. The first-order chi connectivity index (χ1) is 11.5. The number of ether oxygens (including phenoxy) is 1. The maximum Gasteiger partial charge on any atom is 0.407 e. The summed E-state index contributed by atoms with van der Waals surface area (Å²) < 4.78 is 80.6. The second-order valence-corrected chi connectivity index (χ2v) is 7.19. The first kappa shape index (κ1) is 19.0. The summed E-state index contributed by atoms with van der Waals surface area (Å²) in [5.74, 6) is -0.493. The van der Waals surface area contributed by atoms with E-state index in [0.29, 0.717) is 17.4 Å². The molecule has 136 valence electrons. The lowest BCUT2D eigenvalue weighted by atomic mass is 10.0. The number of rotatable bonds is 5. The highest BCUT2D eigenvalue weighted by Crippen LogP contribution is 2.36. The van der Waals surface area contributed by atoms with Gasteiger partial charge in [-0.3, -0.25) is 4.31 Å². The molecule has 0 saturated heterocycles. The number of halogens is 4. The number of sulfonamides is 1. The summed E-state index contributed by atoms with van der Waals surface area (Å²) in [4.78, 5) is 0. The van der Waals surface area contributed by atoms with Crippen LogP contribution in [0.15, 0.2) is 42.5 Å². The molecule has 2 aromatic carbocycles. The molecule has 0 radical (unpaired) electrons. The van der Waals surface area contributed by atoms with E-state index < -0.39 is 28.6 Å². The molecule has 0 fully saturated rings. The fourth-order valence-corrected chi connectivity index (χ4v) is 3.13. The van der Waals surface area contributed by atoms with Crippen molar-refractivity contribution >= 4 is 15.7 Å². The first-order valence-electron chi connectivity index (χ1n) is 7.00. The van der Waals surface area contributed by atoms with Crippen molar-refractivity contribution in [3.63, 3.8) is 0 Å². The Hall–Kier alpha value is -2.29. The summed E-state index contributed by atoms with van der Waals surface area (Å²) in [7, 11) is -2.99. The zero-order valence-electron chi connectivity index (χ0n) is 13.3. The molecule has 2 rings (SSSR count). The third kappa shape index (κ3) is 4.85. The van der Waals surface area contributed by atoms with E-state index in [-0.39, 0.29) is 15.7 Å². The van der Waals surface area contributed by atoms with E-state index in [1.165, 1.54) is 43.5 Å². The zero-order valence-corrected chi connectivity index (χ0v) is 14.2. The molecule has 0 aliphatic rings. The highest BCUT2D eigenvalue weighted by molar-refractivity contribution is 7.92. The topological polar surface area (TPSA) is 46.6 Å². The molecule has 0 saturated carbocycles. The molecule has 0 spiro atoms. The molecule has 2 aromatic rings. The maximum atomic E-state index is 13.0. The highest BCUT2D eigenvalue weighted by Gasteiger charge is 2.36. The van der Waals surface area contributed by atoms with Crippen LogP contribution in [0.5, 0.6) is 5.75 Å². The average Bonchev–Trinajstić information content (AvgIpc) is 2.51. The van der Waals surface area contributed by atoms with E-state index in [9.17, 15) is 26.0 Å². The van der Waals surface area contributed by atoms with Crippen molar-refractivity contribution in [1.82, 2.24) is 0 Å². The minimum absolute atomic E-state index is 0.0273. The van der Waals surface area contributed by atoms with Gasteiger partial charge in [0.25, 0.3) is 0 Å². The molecular weight excluding hydrogens is 362 g/mol. The smallest absolute Gasteiger partial charge is 0.407 e. The molecular formula is C16H15F4NO3S. The Bertz CT molecular complexity index is 849. The number of anilines is 1. The summed E-state index contributed by atoms with van der Waals surface area (Å²) in [6.45, 7) is -1.69. The molecule has 0 unspecified atom stereocenters. The van der Waals surface area contributed by atoms with Crippen LogP contribution in [0.25, 0.3) is 11.1 Å². The van der Waals surface area contributed by atoms with Crippen molar-refractivity contribution in [1.29, 1.82) is 0 Å². The second-order valence-electron chi connectivity index (χ2n) is 5.28. The standard InChI is InChI=1S/C16H15F4NO3S/c1-24-15-8-5-12(11-3-6-13(17)7-4-11)9-14(15)21(25(2,22)23)10-16(18,19)20/h3-9H,10H2,1-2H3. The highest BCUT2D eigenvalue weighted by atomic mass is 32.2. The van der Waals surface area contributed by atoms with Crippen LogP contribution in [0.2, 0.25) is 0 Å². The van der Waals surface area contributed by atoms with Crippen molar-refractivity contribution < 1.29 is 30.7 Å². The Labute approximate surface area is 142 Å². The SMILES string of the molecule is COc1ccc(-c2ccc(F)cc2)cc1N(CC(F)(F)F)S(C)(=O)=O. The summed E-state index contributed by atoms with van der Waals surface area (Å²) in [5.41, 5.74) is 0.696. The van der Waals surface area contributed by atoms with Gasteiger partial charge in [-0.1, -0.05) is 18.2 Å². The fraction of sp³-hybridized carbons (Fsp3) is 0.250. The molecule has 0 bridgehead atoms. The van der Waals surface area contributed by atoms with Crippen LogP contribution in [-0.2, 0) is 10.0 Å².